The Kier molecular flexibility index (Phi) is 4.08. The van der Waals surface area contributed by atoms with Crippen LogP contribution in [0.15, 0.2) is 28.4 Å². The number of carbonyl (C=O) groups is 2. The number of hydrogen-bond acceptors (Lipinski definition) is 5. The Morgan fingerprint density at radius 1 is 1.16 bits per heavy atom. The SMILES string of the molecule is O=C1NC(=S)NC(=O)C1N=Nc1cc(Cl)ccc1Cl. The van der Waals surface area contributed by atoms with E-state index in [-0.39, 0.29) is 10.8 Å². The second-order valence-corrected chi connectivity index (χ2v) is 4.77. The third-order valence-corrected chi connectivity index (χ3v) is 2.92. The van der Waals surface area contributed by atoms with Crippen LogP contribution < -0.4 is 10.6 Å². The standard InChI is InChI=1S/C10H6Cl2N4O2S/c11-4-1-2-5(12)6(3-4)15-16-7-8(17)13-10(19)14-9(7)18/h1-3,7H,(H2,13,14,17,18,19). The van der Waals surface area contributed by atoms with Gasteiger partial charge in [0.05, 0.1) is 5.02 Å². The van der Waals surface area contributed by atoms with Gasteiger partial charge in [-0.05, 0) is 30.4 Å². The Balaban J connectivity index is 2.22. The van der Waals surface area contributed by atoms with E-state index in [9.17, 15) is 9.59 Å². The van der Waals surface area contributed by atoms with E-state index in [1.165, 1.54) is 12.1 Å². The predicted octanol–water partition coefficient (Wildman–Crippen LogP) is 1.98. The number of azo groups is 1. The number of benzene rings is 1. The molecule has 6 nitrogen and oxygen atoms in total. The molecule has 0 aromatic heterocycles. The molecule has 1 heterocycles. The van der Waals surface area contributed by atoms with Gasteiger partial charge in [-0.15, -0.1) is 0 Å². The molecule has 0 spiro atoms. The second-order valence-electron chi connectivity index (χ2n) is 3.52. The Bertz CT molecular complexity index is 585. The third-order valence-electron chi connectivity index (χ3n) is 2.16. The van der Waals surface area contributed by atoms with Crippen molar-refractivity contribution in [1.29, 1.82) is 0 Å². The van der Waals surface area contributed by atoms with Crippen LogP contribution >= 0.6 is 35.4 Å². The highest BCUT2D eigenvalue weighted by atomic mass is 35.5. The minimum absolute atomic E-state index is 0.0535. The molecule has 19 heavy (non-hydrogen) atoms. The van der Waals surface area contributed by atoms with E-state index >= 15 is 0 Å². The van der Waals surface area contributed by atoms with Crippen molar-refractivity contribution in [1.82, 2.24) is 10.6 Å². The first kappa shape index (κ1) is 13.9. The van der Waals surface area contributed by atoms with Crippen LogP contribution in [-0.2, 0) is 9.59 Å². The van der Waals surface area contributed by atoms with E-state index in [0.717, 1.165) is 0 Å². The molecule has 1 aliphatic rings. The van der Waals surface area contributed by atoms with Crippen LogP contribution in [0.2, 0.25) is 10.0 Å². The van der Waals surface area contributed by atoms with Crippen molar-refractivity contribution in [2.45, 2.75) is 6.04 Å². The highest BCUT2D eigenvalue weighted by molar-refractivity contribution is 7.80. The van der Waals surface area contributed by atoms with Gasteiger partial charge in [0.15, 0.2) is 5.11 Å². The molecule has 0 bridgehead atoms. The van der Waals surface area contributed by atoms with Crippen LogP contribution in [-0.4, -0.2) is 23.0 Å². The molecule has 0 saturated carbocycles. The lowest BCUT2D eigenvalue weighted by atomic mass is 10.2. The molecule has 1 saturated heterocycles. The van der Waals surface area contributed by atoms with E-state index in [0.29, 0.717) is 10.0 Å². The fraction of sp³-hybridized carbons (Fsp3) is 0.100. The van der Waals surface area contributed by atoms with Crippen molar-refractivity contribution in [3.63, 3.8) is 0 Å². The first-order valence-corrected chi connectivity index (χ1v) is 6.15. The maximum Gasteiger partial charge on any atom is 0.262 e. The molecule has 2 N–H and O–H groups in total. The molecule has 0 aliphatic carbocycles. The van der Waals surface area contributed by atoms with E-state index in [4.69, 9.17) is 23.2 Å². The van der Waals surface area contributed by atoms with Crippen molar-refractivity contribution in [2.24, 2.45) is 10.2 Å². The van der Waals surface area contributed by atoms with Crippen molar-refractivity contribution in [3.05, 3.63) is 28.2 Å². The molecule has 1 fully saturated rings. The lowest BCUT2D eigenvalue weighted by molar-refractivity contribution is -0.131. The molecule has 1 aromatic carbocycles. The molecule has 0 radical (unpaired) electrons. The van der Waals surface area contributed by atoms with Crippen molar-refractivity contribution in [3.8, 4) is 0 Å². The number of thiocarbonyl (C=S) groups is 1. The van der Waals surface area contributed by atoms with E-state index in [2.05, 4.69) is 33.1 Å². The fourth-order valence-corrected chi connectivity index (χ4v) is 1.82. The summed E-state index contributed by atoms with van der Waals surface area (Å²) in [6.45, 7) is 0. The maximum atomic E-state index is 11.5. The van der Waals surface area contributed by atoms with E-state index in [1.54, 1.807) is 6.07 Å². The molecule has 9 heteroatoms. The first-order valence-electron chi connectivity index (χ1n) is 4.99. The van der Waals surface area contributed by atoms with E-state index < -0.39 is 17.9 Å². The lowest BCUT2D eigenvalue weighted by Gasteiger charge is -2.18. The van der Waals surface area contributed by atoms with Crippen LogP contribution in [0, 0.1) is 0 Å². The minimum Gasteiger partial charge on any atom is -0.300 e. The molecular formula is C10H6Cl2N4O2S. The summed E-state index contributed by atoms with van der Waals surface area (Å²) < 4.78 is 0. The summed E-state index contributed by atoms with van der Waals surface area (Å²) in [5.41, 5.74) is 0.267. The molecule has 98 valence electrons. The van der Waals surface area contributed by atoms with Gasteiger partial charge in [-0.25, -0.2) is 0 Å². The molecule has 1 aliphatic heterocycles. The normalized spacial score (nSPS) is 16.6. The summed E-state index contributed by atoms with van der Waals surface area (Å²) in [7, 11) is 0. The number of rotatable bonds is 2. The van der Waals surface area contributed by atoms with Crippen LogP contribution in [0.25, 0.3) is 0 Å². The Morgan fingerprint density at radius 2 is 1.79 bits per heavy atom. The maximum absolute atomic E-state index is 11.5. The van der Waals surface area contributed by atoms with Crippen LogP contribution in [0.1, 0.15) is 0 Å². The molecule has 2 rings (SSSR count). The van der Waals surface area contributed by atoms with Gasteiger partial charge in [-0.2, -0.15) is 10.2 Å². The summed E-state index contributed by atoms with van der Waals surface area (Å²) in [5.74, 6) is -1.29. The van der Waals surface area contributed by atoms with Gasteiger partial charge in [0.25, 0.3) is 11.8 Å². The van der Waals surface area contributed by atoms with Crippen molar-refractivity contribution in [2.75, 3.05) is 0 Å². The predicted molar refractivity (Wildman–Crippen MR) is 73.6 cm³/mol. The lowest BCUT2D eigenvalue weighted by Crippen LogP contribution is -2.57. The Hall–Kier alpha value is -1.57. The zero-order chi connectivity index (χ0) is 14.0. The van der Waals surface area contributed by atoms with Gasteiger partial charge < -0.3 is 10.6 Å². The van der Waals surface area contributed by atoms with Crippen molar-refractivity contribution < 1.29 is 9.59 Å². The van der Waals surface area contributed by atoms with Gasteiger partial charge in [0.1, 0.15) is 5.69 Å². The van der Waals surface area contributed by atoms with Crippen LogP contribution in [0.4, 0.5) is 5.69 Å². The summed E-state index contributed by atoms with van der Waals surface area (Å²) in [5, 5.41) is 12.6. The van der Waals surface area contributed by atoms with E-state index in [1.807, 2.05) is 0 Å². The van der Waals surface area contributed by atoms with Crippen molar-refractivity contribution >= 4 is 58.0 Å². The third kappa shape index (κ3) is 3.25. The fourth-order valence-electron chi connectivity index (χ4n) is 1.30. The quantitative estimate of drug-likeness (QED) is 0.497. The largest absolute Gasteiger partial charge is 0.300 e. The minimum atomic E-state index is -1.30. The van der Waals surface area contributed by atoms with Gasteiger partial charge in [-0.3, -0.25) is 9.59 Å². The summed E-state index contributed by atoms with van der Waals surface area (Å²) >= 11 is 16.3. The number of nitrogens with zero attached hydrogens (tertiary/aromatic N) is 2. The number of carbonyl (C=O) groups excluding carboxylic acids is 2. The van der Waals surface area contributed by atoms with Gasteiger partial charge in [0.2, 0.25) is 6.04 Å². The number of amides is 2. The average molecular weight is 317 g/mol. The summed E-state index contributed by atoms with van der Waals surface area (Å²) in [6, 6.07) is 3.29. The zero-order valence-electron chi connectivity index (χ0n) is 9.18. The smallest absolute Gasteiger partial charge is 0.262 e. The number of hydrogen-bond donors (Lipinski definition) is 2. The molecule has 0 atom stereocenters. The highest BCUT2D eigenvalue weighted by Crippen LogP contribution is 2.28. The highest BCUT2D eigenvalue weighted by Gasteiger charge is 2.32. The molecule has 0 unspecified atom stereocenters. The monoisotopic (exact) mass is 316 g/mol. The second kappa shape index (κ2) is 5.60. The topological polar surface area (TPSA) is 82.9 Å². The van der Waals surface area contributed by atoms with Crippen LogP contribution in [0.5, 0.6) is 0 Å². The molecular weight excluding hydrogens is 311 g/mol. The Labute approximate surface area is 123 Å². The molecule has 2 amide bonds. The first-order chi connectivity index (χ1) is 8.97. The summed E-state index contributed by atoms with van der Waals surface area (Å²) in [6.07, 6.45) is 0. The zero-order valence-corrected chi connectivity index (χ0v) is 11.5. The molecule has 1 aromatic rings. The Morgan fingerprint density at radius 3 is 2.42 bits per heavy atom. The number of nitrogens with one attached hydrogen (secondary N) is 2. The van der Waals surface area contributed by atoms with Gasteiger partial charge in [0, 0.05) is 5.02 Å². The average Bonchev–Trinajstić information content (AvgIpc) is 2.32. The van der Waals surface area contributed by atoms with Crippen LogP contribution in [0.3, 0.4) is 0 Å². The van der Waals surface area contributed by atoms with Gasteiger partial charge >= 0.3 is 0 Å². The number of halogens is 2. The van der Waals surface area contributed by atoms with Gasteiger partial charge in [-0.1, -0.05) is 23.2 Å². The summed E-state index contributed by atoms with van der Waals surface area (Å²) in [4.78, 5) is 23.0.